The first-order valence-corrected chi connectivity index (χ1v) is 8.21. The number of piperidine rings is 1. The Bertz CT molecular complexity index is 693. The summed E-state index contributed by atoms with van der Waals surface area (Å²) in [6.45, 7) is 7.75. The van der Waals surface area contributed by atoms with E-state index in [9.17, 15) is 9.50 Å². The molecule has 1 fully saturated rings. The number of aromatic nitrogens is 3. The highest BCUT2D eigenvalue weighted by Gasteiger charge is 2.42. The summed E-state index contributed by atoms with van der Waals surface area (Å²) in [6.07, 6.45) is 4.76. The predicted molar refractivity (Wildman–Crippen MR) is 89.7 cm³/mol. The van der Waals surface area contributed by atoms with Gasteiger partial charge in [0, 0.05) is 24.7 Å². The summed E-state index contributed by atoms with van der Waals surface area (Å²) >= 11 is 0. The molecule has 0 radical (unpaired) electrons. The number of hydrogen-bond donors (Lipinski definition) is 1. The Labute approximate surface area is 141 Å². The molecule has 0 unspecified atom stereocenters. The van der Waals surface area contributed by atoms with Crippen LogP contribution in [0.4, 0.5) is 4.39 Å². The number of nitrogens with zero attached hydrogens (tertiary/aromatic N) is 4. The molecule has 5 nitrogen and oxygen atoms in total. The molecular formula is C18H23FN4O. The molecule has 6 heteroatoms. The first-order chi connectivity index (χ1) is 11.5. The Morgan fingerprint density at radius 3 is 2.67 bits per heavy atom. The summed E-state index contributed by atoms with van der Waals surface area (Å²) in [6, 6.07) is 6.13. The number of hydrogen-bond acceptors (Lipinski definition) is 4. The summed E-state index contributed by atoms with van der Waals surface area (Å²) < 4.78 is 16.0. The van der Waals surface area contributed by atoms with E-state index in [1.807, 2.05) is 6.92 Å². The molecule has 0 amide bonds. The summed E-state index contributed by atoms with van der Waals surface area (Å²) in [5, 5.41) is 15.6. The van der Waals surface area contributed by atoms with Crippen LogP contribution in [0.1, 0.15) is 25.3 Å². The lowest BCUT2D eigenvalue weighted by molar-refractivity contribution is -0.0656. The van der Waals surface area contributed by atoms with Gasteiger partial charge in [-0.3, -0.25) is 4.90 Å². The Kier molecular flexibility index (Phi) is 4.78. The minimum absolute atomic E-state index is 0.145. The second-order valence-electron chi connectivity index (χ2n) is 6.46. The highest BCUT2D eigenvalue weighted by Crippen LogP contribution is 2.33. The lowest BCUT2D eigenvalue weighted by atomic mass is 9.84. The number of halogens is 1. The van der Waals surface area contributed by atoms with Crippen LogP contribution in [0.5, 0.6) is 0 Å². The summed E-state index contributed by atoms with van der Waals surface area (Å²) in [4.78, 5) is 6.12. The fourth-order valence-electron chi connectivity index (χ4n) is 3.35. The number of likely N-dealkylation sites (tertiary alicyclic amines) is 1. The lowest BCUT2D eigenvalue weighted by Gasteiger charge is -2.43. The van der Waals surface area contributed by atoms with E-state index in [1.165, 1.54) is 24.3 Å². The van der Waals surface area contributed by atoms with Gasteiger partial charge >= 0.3 is 0 Å². The van der Waals surface area contributed by atoms with Gasteiger partial charge in [0.25, 0.3) is 0 Å². The maximum Gasteiger partial charge on any atom is 0.137 e. The highest BCUT2D eigenvalue weighted by atomic mass is 19.1. The molecule has 1 aromatic carbocycles. The van der Waals surface area contributed by atoms with E-state index in [-0.39, 0.29) is 18.2 Å². The summed E-state index contributed by atoms with van der Waals surface area (Å²) in [5.41, 5.74) is 0.110. The molecular weight excluding hydrogens is 307 g/mol. The van der Waals surface area contributed by atoms with Crippen LogP contribution in [-0.4, -0.2) is 43.9 Å². The van der Waals surface area contributed by atoms with Gasteiger partial charge in [0.15, 0.2) is 0 Å². The molecule has 1 N–H and O–H groups in total. The maximum atomic E-state index is 14.5. The van der Waals surface area contributed by atoms with Crippen LogP contribution >= 0.6 is 0 Å². The van der Waals surface area contributed by atoms with Gasteiger partial charge in [-0.2, -0.15) is 5.10 Å². The molecule has 3 rings (SSSR count). The van der Waals surface area contributed by atoms with Crippen molar-refractivity contribution in [1.29, 1.82) is 0 Å². The summed E-state index contributed by atoms with van der Waals surface area (Å²) in [5.74, 6) is -0.409. The van der Waals surface area contributed by atoms with E-state index in [4.69, 9.17) is 0 Å². The van der Waals surface area contributed by atoms with Crippen LogP contribution in [0.2, 0.25) is 0 Å². The lowest BCUT2D eigenvalue weighted by Crippen LogP contribution is -2.53. The van der Waals surface area contributed by atoms with E-state index >= 15 is 0 Å². The molecule has 1 aliphatic rings. The minimum atomic E-state index is -1.41. The normalized spacial score (nSPS) is 19.9. The Balaban J connectivity index is 1.95. The SMILES string of the molecule is C=C1CCN([C@H](C)[C@](O)(Cn2cncn2)c2ccccc2F)CC1. The van der Waals surface area contributed by atoms with Crippen LogP contribution in [0.15, 0.2) is 49.1 Å². The van der Waals surface area contributed by atoms with Gasteiger partial charge in [0.05, 0.1) is 6.54 Å². The van der Waals surface area contributed by atoms with Gasteiger partial charge in [0.1, 0.15) is 24.1 Å². The van der Waals surface area contributed by atoms with Crippen LogP contribution in [0.25, 0.3) is 0 Å². The van der Waals surface area contributed by atoms with E-state index in [0.29, 0.717) is 0 Å². The second kappa shape index (κ2) is 6.83. The third-order valence-electron chi connectivity index (χ3n) is 4.95. The molecule has 0 bridgehead atoms. The van der Waals surface area contributed by atoms with Crippen molar-refractivity contribution in [2.75, 3.05) is 13.1 Å². The molecule has 2 heterocycles. The molecule has 1 aromatic heterocycles. The third-order valence-corrected chi connectivity index (χ3v) is 4.95. The molecule has 0 spiro atoms. The Hall–Kier alpha value is -2.05. The van der Waals surface area contributed by atoms with Crippen molar-refractivity contribution in [2.24, 2.45) is 0 Å². The van der Waals surface area contributed by atoms with Crippen molar-refractivity contribution >= 4 is 0 Å². The van der Waals surface area contributed by atoms with E-state index < -0.39 is 11.4 Å². The first-order valence-electron chi connectivity index (χ1n) is 8.21. The van der Waals surface area contributed by atoms with Crippen molar-refractivity contribution in [3.63, 3.8) is 0 Å². The second-order valence-corrected chi connectivity index (χ2v) is 6.46. The van der Waals surface area contributed by atoms with E-state index in [2.05, 4.69) is 21.6 Å². The third kappa shape index (κ3) is 3.25. The van der Waals surface area contributed by atoms with Crippen molar-refractivity contribution in [2.45, 2.75) is 38.0 Å². The zero-order valence-corrected chi connectivity index (χ0v) is 13.9. The number of benzene rings is 1. The van der Waals surface area contributed by atoms with Gasteiger partial charge in [-0.1, -0.05) is 30.4 Å². The van der Waals surface area contributed by atoms with Gasteiger partial charge in [-0.15, -0.1) is 0 Å². The van der Waals surface area contributed by atoms with Crippen molar-refractivity contribution in [3.8, 4) is 0 Å². The van der Waals surface area contributed by atoms with Crippen LogP contribution in [0, 0.1) is 5.82 Å². The average molecular weight is 330 g/mol. The van der Waals surface area contributed by atoms with Gasteiger partial charge < -0.3 is 5.11 Å². The van der Waals surface area contributed by atoms with Crippen molar-refractivity contribution < 1.29 is 9.50 Å². The van der Waals surface area contributed by atoms with Crippen molar-refractivity contribution in [3.05, 3.63) is 60.5 Å². The van der Waals surface area contributed by atoms with Crippen LogP contribution in [-0.2, 0) is 12.1 Å². The quantitative estimate of drug-likeness (QED) is 0.855. The maximum absolute atomic E-state index is 14.5. The molecule has 24 heavy (non-hydrogen) atoms. The monoisotopic (exact) mass is 330 g/mol. The Morgan fingerprint density at radius 2 is 2.04 bits per heavy atom. The minimum Gasteiger partial charge on any atom is -0.381 e. The molecule has 128 valence electrons. The number of aliphatic hydroxyl groups is 1. The topological polar surface area (TPSA) is 54.2 Å². The summed E-state index contributed by atoms with van der Waals surface area (Å²) in [7, 11) is 0. The molecule has 1 saturated heterocycles. The molecule has 0 saturated carbocycles. The zero-order valence-electron chi connectivity index (χ0n) is 13.9. The standard InChI is InChI=1S/C18H23FN4O/c1-14-7-9-22(10-8-14)15(2)18(24,11-23-13-20-12-21-23)16-5-3-4-6-17(16)19/h3-6,12-13,15,24H,1,7-11H2,2H3/t15-,18-/m1/s1. The molecule has 2 aromatic rings. The molecule has 0 aliphatic carbocycles. The van der Waals surface area contributed by atoms with Crippen molar-refractivity contribution in [1.82, 2.24) is 19.7 Å². The van der Waals surface area contributed by atoms with Crippen LogP contribution in [0.3, 0.4) is 0 Å². The van der Waals surface area contributed by atoms with E-state index in [0.717, 1.165) is 25.9 Å². The van der Waals surface area contributed by atoms with Gasteiger partial charge in [-0.25, -0.2) is 14.1 Å². The Morgan fingerprint density at radius 1 is 1.33 bits per heavy atom. The van der Waals surface area contributed by atoms with E-state index in [1.54, 1.807) is 22.9 Å². The zero-order chi connectivity index (χ0) is 17.2. The van der Waals surface area contributed by atoms with Gasteiger partial charge in [0.2, 0.25) is 0 Å². The van der Waals surface area contributed by atoms with Crippen LogP contribution < -0.4 is 0 Å². The fourth-order valence-corrected chi connectivity index (χ4v) is 3.35. The van der Waals surface area contributed by atoms with Gasteiger partial charge in [-0.05, 0) is 25.8 Å². The number of rotatable bonds is 5. The fraction of sp³-hybridized carbons (Fsp3) is 0.444. The molecule has 1 aliphatic heterocycles. The first kappa shape index (κ1) is 16.8. The average Bonchev–Trinajstić information content (AvgIpc) is 3.08. The smallest absolute Gasteiger partial charge is 0.137 e. The predicted octanol–water partition coefficient (Wildman–Crippen LogP) is 2.35. The highest BCUT2D eigenvalue weighted by molar-refractivity contribution is 5.26. The molecule has 2 atom stereocenters. The largest absolute Gasteiger partial charge is 0.381 e.